The molecule has 2 unspecified atom stereocenters. The minimum atomic E-state index is 0.0464. The first-order valence-electron chi connectivity index (χ1n) is 8.03. The second-order valence-corrected chi connectivity index (χ2v) is 6.72. The summed E-state index contributed by atoms with van der Waals surface area (Å²) < 4.78 is 0. The highest BCUT2D eigenvalue weighted by Crippen LogP contribution is 2.39. The lowest BCUT2D eigenvalue weighted by Crippen LogP contribution is -2.57. The van der Waals surface area contributed by atoms with Crippen molar-refractivity contribution in [2.24, 2.45) is 17.6 Å². The predicted molar refractivity (Wildman–Crippen MR) is 75.6 cm³/mol. The summed E-state index contributed by atoms with van der Waals surface area (Å²) in [7, 11) is 0. The van der Waals surface area contributed by atoms with Gasteiger partial charge in [-0.2, -0.15) is 0 Å². The zero-order valence-electron chi connectivity index (χ0n) is 11.7. The van der Waals surface area contributed by atoms with Crippen molar-refractivity contribution in [3.63, 3.8) is 0 Å². The number of carbonyl (C=O) groups is 1. The van der Waals surface area contributed by atoms with E-state index in [9.17, 15) is 4.79 Å². The van der Waals surface area contributed by atoms with Crippen LogP contribution in [0.1, 0.15) is 51.4 Å². The molecule has 19 heavy (non-hydrogen) atoms. The first-order valence-corrected chi connectivity index (χ1v) is 8.03. The maximum atomic E-state index is 12.4. The Bertz CT molecular complexity index is 313. The normalized spacial score (nSPS) is 42.7. The molecule has 0 radical (unpaired) electrons. The molecule has 2 aliphatic carbocycles. The summed E-state index contributed by atoms with van der Waals surface area (Å²) in [6, 6.07) is 0.797. The lowest BCUT2D eigenvalue weighted by atomic mass is 9.67. The Labute approximate surface area is 115 Å². The van der Waals surface area contributed by atoms with Gasteiger partial charge in [-0.15, -0.1) is 0 Å². The first kappa shape index (κ1) is 13.4. The summed E-state index contributed by atoms with van der Waals surface area (Å²) in [5, 5.41) is 6.70. The van der Waals surface area contributed by atoms with E-state index in [0.29, 0.717) is 23.9 Å². The van der Waals surface area contributed by atoms with Crippen LogP contribution in [0.15, 0.2) is 0 Å². The third-order valence-electron chi connectivity index (χ3n) is 5.31. The van der Waals surface area contributed by atoms with Crippen molar-refractivity contribution in [3.05, 3.63) is 0 Å². The Morgan fingerprint density at radius 2 is 1.79 bits per heavy atom. The van der Waals surface area contributed by atoms with Crippen molar-refractivity contribution in [2.75, 3.05) is 6.54 Å². The molecule has 1 saturated heterocycles. The molecule has 1 amide bonds. The van der Waals surface area contributed by atoms with Crippen molar-refractivity contribution in [3.8, 4) is 0 Å². The van der Waals surface area contributed by atoms with Crippen LogP contribution in [-0.2, 0) is 4.79 Å². The molecule has 2 bridgehead atoms. The van der Waals surface area contributed by atoms with Crippen LogP contribution >= 0.6 is 0 Å². The fraction of sp³-hybridized carbons (Fsp3) is 0.933. The molecule has 3 atom stereocenters. The highest BCUT2D eigenvalue weighted by molar-refractivity contribution is 5.82. The number of rotatable bonds is 2. The van der Waals surface area contributed by atoms with Gasteiger partial charge in [-0.3, -0.25) is 4.79 Å². The average molecular weight is 265 g/mol. The summed E-state index contributed by atoms with van der Waals surface area (Å²) in [5.74, 6) is 1.47. The first-order chi connectivity index (χ1) is 9.24. The molecule has 4 N–H and O–H groups in total. The number of fused-ring (bicyclic) bond motifs is 2. The van der Waals surface area contributed by atoms with Gasteiger partial charge >= 0.3 is 0 Å². The van der Waals surface area contributed by atoms with Gasteiger partial charge in [0, 0.05) is 12.1 Å². The van der Waals surface area contributed by atoms with Gasteiger partial charge in [0.25, 0.3) is 0 Å². The van der Waals surface area contributed by atoms with E-state index in [2.05, 4.69) is 10.6 Å². The van der Waals surface area contributed by atoms with Gasteiger partial charge in [0.05, 0.1) is 6.04 Å². The second kappa shape index (κ2) is 5.80. The zero-order chi connectivity index (χ0) is 13.2. The van der Waals surface area contributed by atoms with Crippen molar-refractivity contribution < 1.29 is 4.79 Å². The van der Waals surface area contributed by atoms with Crippen LogP contribution < -0.4 is 16.4 Å². The predicted octanol–water partition coefficient (Wildman–Crippen LogP) is 1.15. The summed E-state index contributed by atoms with van der Waals surface area (Å²) in [5.41, 5.74) is 6.14. The van der Waals surface area contributed by atoms with Crippen LogP contribution in [0.2, 0.25) is 0 Å². The lowest BCUT2D eigenvalue weighted by molar-refractivity contribution is -0.126. The standard InChI is InChI=1S/C15H27N3O/c16-12-8-10-4-3-5-11(9-12)14(10)18-15(19)13-6-1-2-7-17-13/h10-14,17H,1-9,16H2,(H,18,19)/t10?,11?,12?,13-,14?/m1/s1. The molecule has 1 aliphatic heterocycles. The molecule has 2 saturated carbocycles. The van der Waals surface area contributed by atoms with Gasteiger partial charge in [0.2, 0.25) is 5.91 Å². The van der Waals surface area contributed by atoms with E-state index in [-0.39, 0.29) is 11.9 Å². The molecule has 0 spiro atoms. The smallest absolute Gasteiger partial charge is 0.237 e. The van der Waals surface area contributed by atoms with E-state index < -0.39 is 0 Å². The largest absolute Gasteiger partial charge is 0.351 e. The number of nitrogens with one attached hydrogen (secondary N) is 2. The van der Waals surface area contributed by atoms with E-state index in [1.54, 1.807) is 0 Å². The third kappa shape index (κ3) is 2.95. The lowest BCUT2D eigenvalue weighted by Gasteiger charge is -2.45. The fourth-order valence-corrected chi connectivity index (χ4v) is 4.37. The molecule has 4 heteroatoms. The van der Waals surface area contributed by atoms with Crippen LogP contribution in [-0.4, -0.2) is 30.6 Å². The van der Waals surface area contributed by atoms with Gasteiger partial charge in [0.15, 0.2) is 0 Å². The number of hydrogen-bond acceptors (Lipinski definition) is 3. The van der Waals surface area contributed by atoms with Crippen LogP contribution in [0.25, 0.3) is 0 Å². The number of hydrogen-bond donors (Lipinski definition) is 3. The highest BCUT2D eigenvalue weighted by Gasteiger charge is 2.40. The summed E-state index contributed by atoms with van der Waals surface area (Å²) >= 11 is 0. The number of piperidine rings is 1. The highest BCUT2D eigenvalue weighted by atomic mass is 16.2. The molecule has 3 aliphatic rings. The SMILES string of the molecule is NC1CC2CCCC(C1)C2NC(=O)[C@H]1CCCCN1. The van der Waals surface area contributed by atoms with E-state index in [1.807, 2.05) is 0 Å². The average Bonchev–Trinajstić information content (AvgIpc) is 2.41. The van der Waals surface area contributed by atoms with Crippen LogP contribution in [0.4, 0.5) is 0 Å². The Balaban J connectivity index is 1.60. The Kier molecular flexibility index (Phi) is 4.08. The van der Waals surface area contributed by atoms with Gasteiger partial charge in [-0.25, -0.2) is 0 Å². The molecule has 4 nitrogen and oxygen atoms in total. The number of carbonyl (C=O) groups excluding carboxylic acids is 1. The monoisotopic (exact) mass is 265 g/mol. The zero-order valence-corrected chi connectivity index (χ0v) is 11.7. The Hall–Kier alpha value is -0.610. The van der Waals surface area contributed by atoms with E-state index in [4.69, 9.17) is 5.73 Å². The molecule has 108 valence electrons. The van der Waals surface area contributed by atoms with Crippen molar-refractivity contribution in [1.29, 1.82) is 0 Å². The molecule has 0 aromatic rings. The van der Waals surface area contributed by atoms with Gasteiger partial charge in [-0.1, -0.05) is 12.8 Å². The summed E-state index contributed by atoms with van der Waals surface area (Å²) in [4.78, 5) is 12.4. The topological polar surface area (TPSA) is 67.1 Å². The minimum absolute atomic E-state index is 0.0464. The van der Waals surface area contributed by atoms with Gasteiger partial charge in [-0.05, 0) is 56.9 Å². The third-order valence-corrected chi connectivity index (χ3v) is 5.31. The summed E-state index contributed by atoms with van der Waals surface area (Å²) in [6.45, 7) is 0.987. The van der Waals surface area contributed by atoms with Crippen molar-refractivity contribution in [1.82, 2.24) is 10.6 Å². The second-order valence-electron chi connectivity index (χ2n) is 6.72. The molecular formula is C15H27N3O. The number of amides is 1. The van der Waals surface area contributed by atoms with Crippen LogP contribution in [0.3, 0.4) is 0 Å². The molecule has 3 fully saturated rings. The van der Waals surface area contributed by atoms with E-state index in [1.165, 1.54) is 32.1 Å². The maximum Gasteiger partial charge on any atom is 0.237 e. The van der Waals surface area contributed by atoms with Crippen LogP contribution in [0.5, 0.6) is 0 Å². The molecule has 3 rings (SSSR count). The minimum Gasteiger partial charge on any atom is -0.351 e. The Morgan fingerprint density at radius 1 is 1.05 bits per heavy atom. The number of nitrogens with two attached hydrogens (primary N) is 1. The van der Waals surface area contributed by atoms with E-state index in [0.717, 1.165) is 25.8 Å². The van der Waals surface area contributed by atoms with Gasteiger partial charge in [0.1, 0.15) is 0 Å². The maximum absolute atomic E-state index is 12.4. The summed E-state index contributed by atoms with van der Waals surface area (Å²) in [6.07, 6.45) is 9.36. The van der Waals surface area contributed by atoms with Crippen molar-refractivity contribution in [2.45, 2.75) is 69.5 Å². The molecule has 0 aromatic carbocycles. The molecule has 1 heterocycles. The van der Waals surface area contributed by atoms with E-state index >= 15 is 0 Å². The van der Waals surface area contributed by atoms with Crippen molar-refractivity contribution >= 4 is 5.91 Å². The molecule has 0 aromatic heterocycles. The van der Waals surface area contributed by atoms with Gasteiger partial charge < -0.3 is 16.4 Å². The fourth-order valence-electron chi connectivity index (χ4n) is 4.37. The van der Waals surface area contributed by atoms with Crippen LogP contribution in [0, 0.1) is 11.8 Å². The molecular weight excluding hydrogens is 238 g/mol. The Morgan fingerprint density at radius 3 is 2.42 bits per heavy atom. The quantitative estimate of drug-likeness (QED) is 0.701.